The number of hydrogen-bond acceptors (Lipinski definition) is 8. The van der Waals surface area contributed by atoms with Crippen molar-refractivity contribution < 1.29 is 19.2 Å². The monoisotopic (exact) mass is 456 g/mol. The summed E-state index contributed by atoms with van der Waals surface area (Å²) in [4.78, 5) is 33.1. The van der Waals surface area contributed by atoms with Gasteiger partial charge in [-0.2, -0.15) is 4.98 Å². The highest BCUT2D eigenvalue weighted by molar-refractivity contribution is 5.75. The number of nitro groups is 1. The van der Waals surface area contributed by atoms with E-state index in [4.69, 9.17) is 9.47 Å². The molecule has 1 aliphatic rings. The molecule has 0 N–H and O–H groups in total. The molecule has 3 rings (SSSR count). The minimum atomic E-state index is -0.480. The van der Waals surface area contributed by atoms with Gasteiger partial charge in [0.05, 0.1) is 17.6 Å². The fourth-order valence-electron chi connectivity index (χ4n) is 3.85. The molecule has 0 amide bonds. The maximum absolute atomic E-state index is 12.0. The number of aromatic nitrogens is 2. The summed E-state index contributed by atoms with van der Waals surface area (Å²) >= 11 is 0. The topological polar surface area (TPSA) is 108 Å². The number of rotatable bonds is 11. The minimum Gasteiger partial charge on any atom is -0.434 e. The van der Waals surface area contributed by atoms with E-state index >= 15 is 0 Å². The van der Waals surface area contributed by atoms with Gasteiger partial charge in [0.25, 0.3) is 0 Å². The maximum Gasteiger partial charge on any atom is 0.373 e. The van der Waals surface area contributed by atoms with Crippen LogP contribution in [-0.2, 0) is 16.0 Å². The predicted molar refractivity (Wildman–Crippen MR) is 125 cm³/mol. The fraction of sp³-hybridized carbons (Fsp3) is 0.542. The van der Waals surface area contributed by atoms with E-state index in [-0.39, 0.29) is 29.2 Å². The number of hydrogen-bond donors (Lipinski definition) is 0. The number of carbonyl (C=O) groups excluding carboxylic acids is 1. The van der Waals surface area contributed by atoms with Crippen LogP contribution >= 0.6 is 0 Å². The van der Waals surface area contributed by atoms with E-state index in [1.54, 1.807) is 19.1 Å². The van der Waals surface area contributed by atoms with Gasteiger partial charge in [-0.15, -0.1) is 0 Å². The second-order valence-electron chi connectivity index (χ2n) is 8.83. The lowest BCUT2D eigenvalue weighted by Crippen LogP contribution is -2.43. The number of ketones is 1. The summed E-state index contributed by atoms with van der Waals surface area (Å²) in [5.74, 6) is 1.16. The van der Waals surface area contributed by atoms with Gasteiger partial charge in [-0.1, -0.05) is 26.0 Å². The van der Waals surface area contributed by atoms with Crippen LogP contribution in [0.3, 0.4) is 0 Å². The molecule has 1 aromatic carbocycles. The number of anilines is 1. The first-order valence-corrected chi connectivity index (χ1v) is 11.4. The van der Waals surface area contributed by atoms with Gasteiger partial charge in [0.15, 0.2) is 0 Å². The molecule has 0 bridgehead atoms. The van der Waals surface area contributed by atoms with Crippen LogP contribution in [0.2, 0.25) is 0 Å². The first kappa shape index (κ1) is 24.6. The van der Waals surface area contributed by atoms with Crippen LogP contribution < -0.4 is 9.64 Å². The molecule has 1 aliphatic heterocycles. The van der Waals surface area contributed by atoms with Gasteiger partial charge in [-0.3, -0.25) is 10.1 Å². The van der Waals surface area contributed by atoms with Gasteiger partial charge in [0.2, 0.25) is 5.82 Å². The van der Waals surface area contributed by atoms with Crippen LogP contribution in [0.5, 0.6) is 11.6 Å². The predicted octanol–water partition coefficient (Wildman–Crippen LogP) is 4.73. The third-order valence-electron chi connectivity index (χ3n) is 5.52. The van der Waals surface area contributed by atoms with Crippen LogP contribution in [0.1, 0.15) is 52.0 Å². The van der Waals surface area contributed by atoms with Gasteiger partial charge in [0.1, 0.15) is 17.9 Å². The number of Topliss-reactive ketones (excluding diaryl/α,β-unsaturated/α-hetero) is 1. The number of piperidine rings is 1. The van der Waals surface area contributed by atoms with Crippen LogP contribution in [0, 0.1) is 16.0 Å². The van der Waals surface area contributed by atoms with Crippen molar-refractivity contribution in [2.24, 2.45) is 5.92 Å². The second kappa shape index (κ2) is 11.7. The zero-order chi connectivity index (χ0) is 23.8. The summed E-state index contributed by atoms with van der Waals surface area (Å²) in [6.07, 6.45) is 5.28. The molecular formula is C24H32N4O5. The SMILES string of the molecule is CC(=O)CCc1ccc(Oc2ncnc(N3CCCCC3COCC(C)C)c2[N+](=O)[O-])cc1. The van der Waals surface area contributed by atoms with Gasteiger partial charge < -0.3 is 19.2 Å². The highest BCUT2D eigenvalue weighted by Crippen LogP contribution is 2.38. The van der Waals surface area contributed by atoms with Crippen molar-refractivity contribution >= 4 is 17.3 Å². The Balaban J connectivity index is 1.81. The molecule has 1 aromatic heterocycles. The molecule has 0 radical (unpaired) electrons. The molecule has 0 spiro atoms. The Morgan fingerprint density at radius 3 is 2.67 bits per heavy atom. The standard InChI is InChI=1S/C24H32N4O5/c1-17(2)14-32-15-20-6-4-5-13-27(20)23-22(28(30)31)24(26-16-25-23)33-21-11-9-19(10-12-21)8-7-18(3)29/h9-12,16-17,20H,4-8,13-15H2,1-3H3. The van der Waals surface area contributed by atoms with E-state index in [0.717, 1.165) is 24.8 Å². The molecule has 33 heavy (non-hydrogen) atoms. The Labute approximate surface area is 194 Å². The van der Waals surface area contributed by atoms with Crippen LogP contribution in [0.15, 0.2) is 30.6 Å². The van der Waals surface area contributed by atoms with Crippen molar-refractivity contribution in [2.45, 2.75) is 58.9 Å². The summed E-state index contributed by atoms with van der Waals surface area (Å²) in [7, 11) is 0. The van der Waals surface area contributed by atoms with Crippen molar-refractivity contribution in [2.75, 3.05) is 24.7 Å². The van der Waals surface area contributed by atoms with Gasteiger partial charge in [0, 0.05) is 19.6 Å². The van der Waals surface area contributed by atoms with Gasteiger partial charge in [-0.05, 0) is 56.2 Å². The van der Waals surface area contributed by atoms with Crippen LogP contribution in [-0.4, -0.2) is 46.5 Å². The number of carbonyl (C=O) groups is 1. The molecule has 9 heteroatoms. The molecule has 1 saturated heterocycles. The summed E-state index contributed by atoms with van der Waals surface area (Å²) in [5.41, 5.74) is 0.752. The first-order valence-electron chi connectivity index (χ1n) is 11.4. The lowest BCUT2D eigenvalue weighted by atomic mass is 10.0. The van der Waals surface area contributed by atoms with Crippen molar-refractivity contribution in [1.82, 2.24) is 9.97 Å². The van der Waals surface area contributed by atoms with Gasteiger partial charge >= 0.3 is 11.6 Å². The van der Waals surface area contributed by atoms with E-state index < -0.39 is 4.92 Å². The molecule has 1 fully saturated rings. The van der Waals surface area contributed by atoms with E-state index in [1.165, 1.54) is 6.33 Å². The molecule has 178 valence electrons. The summed E-state index contributed by atoms with van der Waals surface area (Å²) in [5, 5.41) is 12.0. The molecule has 1 atom stereocenters. The lowest BCUT2D eigenvalue weighted by molar-refractivity contribution is -0.385. The Hall–Kier alpha value is -3.07. The zero-order valence-corrected chi connectivity index (χ0v) is 19.5. The van der Waals surface area contributed by atoms with Crippen molar-refractivity contribution in [3.63, 3.8) is 0 Å². The van der Waals surface area contributed by atoms with Crippen molar-refractivity contribution in [3.8, 4) is 11.6 Å². The third kappa shape index (κ3) is 6.95. The number of ether oxygens (including phenoxy) is 2. The van der Waals surface area contributed by atoms with E-state index in [0.29, 0.717) is 44.3 Å². The molecule has 0 saturated carbocycles. The largest absolute Gasteiger partial charge is 0.434 e. The summed E-state index contributed by atoms with van der Waals surface area (Å²) in [6, 6.07) is 7.16. The molecule has 1 unspecified atom stereocenters. The van der Waals surface area contributed by atoms with Crippen LogP contribution in [0.4, 0.5) is 11.5 Å². The van der Waals surface area contributed by atoms with Crippen molar-refractivity contribution in [1.29, 1.82) is 0 Å². The molecular weight excluding hydrogens is 424 g/mol. The van der Waals surface area contributed by atoms with E-state index in [2.05, 4.69) is 23.8 Å². The summed E-state index contributed by atoms with van der Waals surface area (Å²) < 4.78 is 11.7. The molecule has 2 aromatic rings. The molecule has 9 nitrogen and oxygen atoms in total. The molecule has 2 heterocycles. The minimum absolute atomic E-state index is 0.0134. The van der Waals surface area contributed by atoms with E-state index in [1.807, 2.05) is 17.0 Å². The quantitative estimate of drug-likeness (QED) is 0.353. The average molecular weight is 457 g/mol. The Kier molecular flexibility index (Phi) is 8.71. The Morgan fingerprint density at radius 1 is 1.24 bits per heavy atom. The van der Waals surface area contributed by atoms with Crippen LogP contribution in [0.25, 0.3) is 0 Å². The summed E-state index contributed by atoms with van der Waals surface area (Å²) in [6.45, 7) is 7.55. The molecule has 0 aliphatic carbocycles. The number of benzene rings is 1. The smallest absolute Gasteiger partial charge is 0.373 e. The first-order chi connectivity index (χ1) is 15.8. The zero-order valence-electron chi connectivity index (χ0n) is 19.5. The lowest BCUT2D eigenvalue weighted by Gasteiger charge is -2.36. The Morgan fingerprint density at radius 2 is 2.00 bits per heavy atom. The average Bonchev–Trinajstić information content (AvgIpc) is 2.78. The maximum atomic E-state index is 12.0. The Bertz CT molecular complexity index is 948. The third-order valence-corrected chi connectivity index (χ3v) is 5.52. The highest BCUT2D eigenvalue weighted by Gasteiger charge is 2.33. The van der Waals surface area contributed by atoms with Gasteiger partial charge in [-0.25, -0.2) is 4.98 Å². The van der Waals surface area contributed by atoms with Crippen molar-refractivity contribution in [3.05, 3.63) is 46.3 Å². The normalized spacial score (nSPS) is 16.1. The number of nitrogens with zero attached hydrogens (tertiary/aromatic N) is 4. The highest BCUT2D eigenvalue weighted by atomic mass is 16.6. The second-order valence-corrected chi connectivity index (χ2v) is 8.83. The van der Waals surface area contributed by atoms with E-state index in [9.17, 15) is 14.9 Å². The number of aryl methyl sites for hydroxylation is 1. The fourth-order valence-corrected chi connectivity index (χ4v) is 3.85.